The molecule has 24 heavy (non-hydrogen) atoms. The molecular formula is C18H23N3O2S. The van der Waals surface area contributed by atoms with Gasteiger partial charge in [-0.05, 0) is 44.1 Å². The van der Waals surface area contributed by atoms with Gasteiger partial charge >= 0.3 is 0 Å². The average molecular weight is 345 g/mol. The molecule has 3 heterocycles. The minimum absolute atomic E-state index is 0.0103. The van der Waals surface area contributed by atoms with Crippen LogP contribution in [0.3, 0.4) is 0 Å². The molecule has 1 atom stereocenters. The van der Waals surface area contributed by atoms with Crippen LogP contribution in [-0.4, -0.2) is 28.9 Å². The molecule has 1 aliphatic heterocycles. The van der Waals surface area contributed by atoms with Crippen LogP contribution in [0.25, 0.3) is 0 Å². The van der Waals surface area contributed by atoms with Crippen molar-refractivity contribution in [3.05, 3.63) is 33.1 Å². The van der Waals surface area contributed by atoms with E-state index in [-0.39, 0.29) is 5.91 Å². The van der Waals surface area contributed by atoms with Crippen molar-refractivity contribution in [1.82, 2.24) is 9.78 Å². The maximum atomic E-state index is 12.7. The smallest absolute Gasteiger partial charge is 0.257 e. The molecule has 0 radical (unpaired) electrons. The molecule has 128 valence electrons. The number of carbonyl (C=O) groups excluding carboxylic acids is 1. The van der Waals surface area contributed by atoms with Crippen molar-refractivity contribution >= 4 is 23.1 Å². The lowest BCUT2D eigenvalue weighted by Crippen LogP contribution is -2.16. The van der Waals surface area contributed by atoms with Crippen molar-refractivity contribution in [3.8, 4) is 0 Å². The number of anilines is 1. The molecule has 1 saturated heterocycles. The number of nitrogens with one attached hydrogen (secondary N) is 1. The number of carbonyl (C=O) groups is 1. The number of hydrogen-bond donors (Lipinski definition) is 1. The van der Waals surface area contributed by atoms with E-state index in [0.717, 1.165) is 56.0 Å². The predicted octanol–water partition coefficient (Wildman–Crippen LogP) is 3.51. The minimum Gasteiger partial charge on any atom is -0.381 e. The molecule has 1 unspecified atom stereocenters. The van der Waals surface area contributed by atoms with Crippen LogP contribution in [-0.2, 0) is 24.6 Å². The molecule has 2 aliphatic rings. The molecule has 0 aromatic carbocycles. The summed E-state index contributed by atoms with van der Waals surface area (Å²) in [7, 11) is 1.88. The second-order valence-electron chi connectivity index (χ2n) is 6.70. The Labute approximate surface area is 146 Å². The van der Waals surface area contributed by atoms with Gasteiger partial charge in [0.25, 0.3) is 5.91 Å². The molecule has 1 aliphatic carbocycles. The van der Waals surface area contributed by atoms with Crippen LogP contribution in [0, 0.1) is 0 Å². The molecule has 5 nitrogen and oxygen atoms in total. The first kappa shape index (κ1) is 15.8. The lowest BCUT2D eigenvalue weighted by Gasteiger charge is -2.19. The van der Waals surface area contributed by atoms with E-state index in [4.69, 9.17) is 4.74 Å². The molecule has 2 aromatic rings. The Morgan fingerprint density at radius 3 is 3.08 bits per heavy atom. The zero-order chi connectivity index (χ0) is 16.5. The fourth-order valence-electron chi connectivity index (χ4n) is 3.65. The SMILES string of the molecule is Cn1nc(C2CCCOC2)cc1NC(=O)c1csc2c1CCCC2. The molecule has 0 spiro atoms. The van der Waals surface area contributed by atoms with E-state index in [1.165, 1.54) is 23.3 Å². The molecule has 0 bridgehead atoms. The third-order valence-electron chi connectivity index (χ3n) is 5.02. The van der Waals surface area contributed by atoms with Crippen molar-refractivity contribution in [2.45, 2.75) is 44.4 Å². The van der Waals surface area contributed by atoms with Crippen LogP contribution < -0.4 is 5.32 Å². The maximum Gasteiger partial charge on any atom is 0.257 e. The summed E-state index contributed by atoms with van der Waals surface area (Å²) < 4.78 is 7.32. The van der Waals surface area contributed by atoms with Crippen LogP contribution in [0.4, 0.5) is 5.82 Å². The summed E-state index contributed by atoms with van der Waals surface area (Å²) in [4.78, 5) is 14.1. The monoisotopic (exact) mass is 345 g/mol. The number of nitrogens with zero attached hydrogens (tertiary/aromatic N) is 2. The number of hydrogen-bond acceptors (Lipinski definition) is 4. The van der Waals surface area contributed by atoms with Gasteiger partial charge in [0, 0.05) is 35.9 Å². The summed E-state index contributed by atoms with van der Waals surface area (Å²) >= 11 is 1.72. The normalized spacial score (nSPS) is 20.6. The maximum absolute atomic E-state index is 12.7. The lowest BCUT2D eigenvalue weighted by molar-refractivity contribution is 0.0791. The number of ether oxygens (including phenoxy) is 1. The van der Waals surface area contributed by atoms with Crippen molar-refractivity contribution in [2.24, 2.45) is 7.05 Å². The Balaban J connectivity index is 1.51. The van der Waals surface area contributed by atoms with Crippen LogP contribution in [0.1, 0.15) is 58.1 Å². The zero-order valence-electron chi connectivity index (χ0n) is 14.0. The topological polar surface area (TPSA) is 56.1 Å². The summed E-state index contributed by atoms with van der Waals surface area (Å²) in [5.74, 6) is 1.09. The number of rotatable bonds is 3. The Morgan fingerprint density at radius 1 is 1.38 bits per heavy atom. The first-order chi connectivity index (χ1) is 11.7. The van der Waals surface area contributed by atoms with Crippen molar-refractivity contribution < 1.29 is 9.53 Å². The van der Waals surface area contributed by atoms with E-state index >= 15 is 0 Å². The zero-order valence-corrected chi connectivity index (χ0v) is 14.8. The van der Waals surface area contributed by atoms with Gasteiger partial charge in [-0.1, -0.05) is 0 Å². The number of amides is 1. The van der Waals surface area contributed by atoms with Gasteiger partial charge in [0.15, 0.2) is 0 Å². The van der Waals surface area contributed by atoms with Gasteiger partial charge < -0.3 is 10.1 Å². The summed E-state index contributed by atoms with van der Waals surface area (Å²) in [5, 5.41) is 9.64. The van der Waals surface area contributed by atoms with E-state index in [0.29, 0.717) is 5.92 Å². The van der Waals surface area contributed by atoms with E-state index in [2.05, 4.69) is 10.4 Å². The van der Waals surface area contributed by atoms with Crippen LogP contribution in [0.15, 0.2) is 11.4 Å². The predicted molar refractivity (Wildman–Crippen MR) is 94.9 cm³/mol. The molecule has 1 amide bonds. The van der Waals surface area contributed by atoms with Crippen molar-refractivity contribution in [1.29, 1.82) is 0 Å². The average Bonchev–Trinajstić information content (AvgIpc) is 3.20. The number of aromatic nitrogens is 2. The van der Waals surface area contributed by atoms with Gasteiger partial charge in [0.1, 0.15) is 5.82 Å². The van der Waals surface area contributed by atoms with Gasteiger partial charge in [-0.15, -0.1) is 11.3 Å². The van der Waals surface area contributed by atoms with Gasteiger partial charge in [0.2, 0.25) is 0 Å². The second-order valence-corrected chi connectivity index (χ2v) is 7.67. The summed E-state index contributed by atoms with van der Waals surface area (Å²) in [5.41, 5.74) is 3.12. The molecule has 1 fully saturated rings. The van der Waals surface area contributed by atoms with Gasteiger partial charge in [-0.3, -0.25) is 9.48 Å². The van der Waals surface area contributed by atoms with E-state index in [1.807, 2.05) is 18.5 Å². The van der Waals surface area contributed by atoms with Gasteiger partial charge in [-0.2, -0.15) is 5.10 Å². The molecular weight excluding hydrogens is 322 g/mol. The summed E-state index contributed by atoms with van der Waals surface area (Å²) in [6.07, 6.45) is 6.74. The highest BCUT2D eigenvalue weighted by Gasteiger charge is 2.23. The minimum atomic E-state index is -0.0103. The molecule has 0 saturated carbocycles. The summed E-state index contributed by atoms with van der Waals surface area (Å²) in [6.45, 7) is 1.57. The number of aryl methyl sites for hydroxylation is 2. The quantitative estimate of drug-likeness (QED) is 0.926. The molecule has 2 aromatic heterocycles. The first-order valence-corrected chi connectivity index (χ1v) is 9.62. The van der Waals surface area contributed by atoms with Crippen LogP contribution in [0.5, 0.6) is 0 Å². The van der Waals surface area contributed by atoms with Gasteiger partial charge in [0.05, 0.1) is 17.9 Å². The highest BCUT2D eigenvalue weighted by molar-refractivity contribution is 7.10. The van der Waals surface area contributed by atoms with E-state index in [9.17, 15) is 4.79 Å². The highest BCUT2D eigenvalue weighted by Crippen LogP contribution is 2.31. The van der Waals surface area contributed by atoms with E-state index < -0.39 is 0 Å². The Morgan fingerprint density at radius 2 is 2.25 bits per heavy atom. The lowest BCUT2D eigenvalue weighted by atomic mass is 9.95. The van der Waals surface area contributed by atoms with Crippen molar-refractivity contribution in [2.75, 3.05) is 18.5 Å². The number of thiophene rings is 1. The molecule has 4 rings (SSSR count). The van der Waals surface area contributed by atoms with Crippen LogP contribution in [0.2, 0.25) is 0 Å². The Hall–Kier alpha value is -1.66. The second kappa shape index (κ2) is 6.69. The molecule has 6 heteroatoms. The number of fused-ring (bicyclic) bond motifs is 1. The molecule has 1 N–H and O–H groups in total. The first-order valence-electron chi connectivity index (χ1n) is 8.74. The third kappa shape index (κ3) is 3.00. The fraction of sp³-hybridized carbons (Fsp3) is 0.556. The third-order valence-corrected chi connectivity index (χ3v) is 6.11. The Bertz CT molecular complexity index is 744. The van der Waals surface area contributed by atoms with Gasteiger partial charge in [-0.25, -0.2) is 0 Å². The highest BCUT2D eigenvalue weighted by atomic mass is 32.1. The largest absolute Gasteiger partial charge is 0.381 e. The fourth-order valence-corrected chi connectivity index (χ4v) is 4.77. The summed E-state index contributed by atoms with van der Waals surface area (Å²) in [6, 6.07) is 2.00. The Kier molecular flexibility index (Phi) is 4.41. The van der Waals surface area contributed by atoms with Crippen molar-refractivity contribution in [3.63, 3.8) is 0 Å². The van der Waals surface area contributed by atoms with E-state index in [1.54, 1.807) is 16.0 Å². The standard InChI is InChI=1S/C18H23N3O2S/c1-21-17(9-15(20-21)12-5-4-8-23-10-12)19-18(22)14-11-24-16-7-3-2-6-13(14)16/h9,11-12H,2-8,10H2,1H3,(H,19,22). The van der Waals surface area contributed by atoms with Crippen LogP contribution >= 0.6 is 11.3 Å².